The molecule has 7 heteroatoms. The molecule has 2 aromatic carbocycles. The average molecular weight is 351 g/mol. The number of primary amides is 1. The summed E-state index contributed by atoms with van der Waals surface area (Å²) in [5.74, 6) is -2.17. The average Bonchev–Trinajstić information content (AvgIpc) is 2.89. The van der Waals surface area contributed by atoms with Crippen LogP contribution in [0.4, 0.5) is 0 Å². The maximum Gasteiger partial charge on any atom is 0.360 e. The predicted octanol–water partition coefficient (Wildman–Crippen LogP) is 1.66. The molecule has 0 spiro atoms. The number of para-hydroxylation sites is 2. The second kappa shape index (κ2) is 5.45. The number of amides is 1. The van der Waals surface area contributed by atoms with Gasteiger partial charge in [-0.3, -0.25) is 4.79 Å². The summed E-state index contributed by atoms with van der Waals surface area (Å²) in [7, 11) is 1.17. The molecule has 1 amide bonds. The largest absolute Gasteiger partial charge is 0.466 e. The van der Waals surface area contributed by atoms with Gasteiger partial charge in [-0.1, -0.05) is 36.4 Å². The molecule has 0 radical (unpaired) electrons. The number of methoxy groups -OCH3 is 1. The number of carbonyl (C=O) groups excluding carboxylic acids is 3. The Morgan fingerprint density at radius 3 is 2.38 bits per heavy atom. The third-order valence-corrected chi connectivity index (χ3v) is 4.41. The van der Waals surface area contributed by atoms with Gasteiger partial charge < -0.3 is 19.9 Å². The SMILES string of the molecule is COC(=O)C12OC(=O)C(C(N)=O)=C1c1ccccc1Oc1ccccc12. The monoisotopic (exact) mass is 351 g/mol. The fourth-order valence-corrected chi connectivity index (χ4v) is 3.38. The second-order valence-corrected chi connectivity index (χ2v) is 5.77. The van der Waals surface area contributed by atoms with Crippen LogP contribution in [0.1, 0.15) is 11.1 Å². The Labute approximate surface area is 148 Å². The van der Waals surface area contributed by atoms with E-state index in [-0.39, 0.29) is 11.1 Å². The van der Waals surface area contributed by atoms with Gasteiger partial charge in [0.05, 0.1) is 12.7 Å². The molecule has 0 saturated heterocycles. The van der Waals surface area contributed by atoms with E-state index in [1.165, 1.54) is 7.11 Å². The van der Waals surface area contributed by atoms with E-state index in [0.717, 1.165) is 0 Å². The fraction of sp³-hybridized carbons (Fsp3) is 0.105. The molecule has 1 atom stereocenters. The maximum absolute atomic E-state index is 12.9. The first-order valence-electron chi connectivity index (χ1n) is 7.73. The smallest absolute Gasteiger partial charge is 0.360 e. The lowest BCUT2D eigenvalue weighted by molar-refractivity contribution is -0.169. The number of nitrogens with two attached hydrogens (primary N) is 1. The van der Waals surface area contributed by atoms with E-state index in [4.69, 9.17) is 19.9 Å². The molecule has 4 rings (SSSR count). The Morgan fingerprint density at radius 1 is 1.04 bits per heavy atom. The summed E-state index contributed by atoms with van der Waals surface area (Å²) in [6, 6.07) is 13.3. The lowest BCUT2D eigenvalue weighted by Crippen LogP contribution is -2.38. The highest BCUT2D eigenvalue weighted by Gasteiger charge is 2.60. The molecular weight excluding hydrogens is 338 g/mol. The highest BCUT2D eigenvalue weighted by Crippen LogP contribution is 2.55. The summed E-state index contributed by atoms with van der Waals surface area (Å²) in [6.45, 7) is 0. The topological polar surface area (TPSA) is 105 Å². The van der Waals surface area contributed by atoms with E-state index in [0.29, 0.717) is 17.1 Å². The lowest BCUT2D eigenvalue weighted by atomic mass is 9.81. The van der Waals surface area contributed by atoms with Crippen LogP contribution in [0.25, 0.3) is 5.57 Å². The van der Waals surface area contributed by atoms with E-state index in [1.54, 1.807) is 48.5 Å². The molecule has 2 aliphatic rings. The van der Waals surface area contributed by atoms with Crippen LogP contribution in [0.5, 0.6) is 11.5 Å². The van der Waals surface area contributed by atoms with E-state index in [1.807, 2.05) is 0 Å². The van der Waals surface area contributed by atoms with Crippen LogP contribution >= 0.6 is 0 Å². The summed E-state index contributed by atoms with van der Waals surface area (Å²) in [4.78, 5) is 37.4. The minimum Gasteiger partial charge on any atom is -0.466 e. The molecule has 26 heavy (non-hydrogen) atoms. The first-order valence-corrected chi connectivity index (χ1v) is 7.73. The van der Waals surface area contributed by atoms with E-state index in [2.05, 4.69) is 0 Å². The van der Waals surface area contributed by atoms with E-state index in [9.17, 15) is 14.4 Å². The van der Waals surface area contributed by atoms with Crippen molar-refractivity contribution in [2.45, 2.75) is 5.60 Å². The number of ether oxygens (including phenoxy) is 3. The van der Waals surface area contributed by atoms with Crippen molar-refractivity contribution in [2.24, 2.45) is 5.73 Å². The molecule has 0 aliphatic carbocycles. The van der Waals surface area contributed by atoms with Crippen molar-refractivity contribution in [3.8, 4) is 11.5 Å². The van der Waals surface area contributed by atoms with Gasteiger partial charge in [0.15, 0.2) is 0 Å². The Kier molecular flexibility index (Phi) is 3.33. The Morgan fingerprint density at radius 2 is 1.69 bits per heavy atom. The Bertz CT molecular complexity index is 1010. The van der Waals surface area contributed by atoms with Crippen LogP contribution in [0.15, 0.2) is 54.1 Å². The molecule has 2 aliphatic heterocycles. The molecule has 0 fully saturated rings. The number of carbonyl (C=O) groups is 3. The molecule has 0 aromatic heterocycles. The van der Waals surface area contributed by atoms with Crippen LogP contribution in [-0.2, 0) is 29.5 Å². The van der Waals surface area contributed by atoms with Gasteiger partial charge in [0.25, 0.3) is 11.5 Å². The Hall–Kier alpha value is -3.61. The molecule has 2 heterocycles. The van der Waals surface area contributed by atoms with Gasteiger partial charge in [0.1, 0.15) is 17.1 Å². The summed E-state index contributed by atoms with van der Waals surface area (Å²) < 4.78 is 16.4. The first-order chi connectivity index (χ1) is 12.5. The number of rotatable bonds is 2. The first kappa shape index (κ1) is 15.9. The molecule has 7 nitrogen and oxygen atoms in total. The van der Waals surface area contributed by atoms with Crippen molar-refractivity contribution in [1.29, 1.82) is 0 Å². The maximum atomic E-state index is 12.9. The van der Waals surface area contributed by atoms with Crippen LogP contribution in [-0.4, -0.2) is 25.0 Å². The number of benzene rings is 2. The molecule has 1 unspecified atom stereocenters. The highest BCUT2D eigenvalue weighted by atomic mass is 16.6. The highest BCUT2D eigenvalue weighted by molar-refractivity contribution is 6.28. The van der Waals surface area contributed by atoms with Crippen LogP contribution in [0, 0.1) is 0 Å². The third-order valence-electron chi connectivity index (χ3n) is 4.41. The predicted molar refractivity (Wildman–Crippen MR) is 88.9 cm³/mol. The Balaban J connectivity index is 2.21. The summed E-state index contributed by atoms with van der Waals surface area (Å²) in [5, 5.41) is 0. The summed E-state index contributed by atoms with van der Waals surface area (Å²) >= 11 is 0. The molecular formula is C19H13NO6. The van der Waals surface area contributed by atoms with E-state index < -0.39 is 29.0 Å². The normalized spacial score (nSPS) is 20.1. The van der Waals surface area contributed by atoms with E-state index >= 15 is 0 Å². The number of hydrogen-bond donors (Lipinski definition) is 1. The minimum absolute atomic E-state index is 0.0300. The van der Waals surface area contributed by atoms with Gasteiger partial charge in [-0.05, 0) is 12.1 Å². The zero-order valence-electron chi connectivity index (χ0n) is 13.6. The molecule has 130 valence electrons. The standard InChI is InChI=1S/C19H13NO6/c1-24-18(23)19-11-7-3-5-9-13(11)25-12-8-4-2-6-10(12)15(19)14(16(20)21)17(22)26-19/h2-9H,1H3,(H2,20,21). The van der Waals surface area contributed by atoms with Crippen LogP contribution < -0.4 is 10.5 Å². The van der Waals surface area contributed by atoms with Gasteiger partial charge in [0.2, 0.25) is 0 Å². The zero-order chi connectivity index (χ0) is 18.5. The van der Waals surface area contributed by atoms with Crippen molar-refractivity contribution in [2.75, 3.05) is 7.11 Å². The molecule has 2 N–H and O–H groups in total. The number of fused-ring (bicyclic) bond motifs is 5. The summed E-state index contributed by atoms with van der Waals surface area (Å²) in [5.41, 5.74) is 3.70. The second-order valence-electron chi connectivity index (χ2n) is 5.77. The third kappa shape index (κ3) is 1.91. The van der Waals surface area contributed by atoms with Gasteiger partial charge in [-0.25, -0.2) is 9.59 Å². The molecule has 0 saturated carbocycles. The number of hydrogen-bond acceptors (Lipinski definition) is 6. The molecule has 0 bridgehead atoms. The van der Waals surface area contributed by atoms with Crippen LogP contribution in [0.3, 0.4) is 0 Å². The van der Waals surface area contributed by atoms with Crippen molar-refractivity contribution in [3.63, 3.8) is 0 Å². The van der Waals surface area contributed by atoms with Gasteiger partial charge >= 0.3 is 11.9 Å². The van der Waals surface area contributed by atoms with Crippen molar-refractivity contribution >= 4 is 23.4 Å². The van der Waals surface area contributed by atoms with Gasteiger partial charge in [-0.2, -0.15) is 0 Å². The van der Waals surface area contributed by atoms with Gasteiger partial charge in [-0.15, -0.1) is 0 Å². The van der Waals surface area contributed by atoms with Crippen molar-refractivity contribution in [3.05, 3.63) is 65.2 Å². The van der Waals surface area contributed by atoms with Crippen molar-refractivity contribution < 1.29 is 28.6 Å². The quantitative estimate of drug-likeness (QED) is 0.652. The zero-order valence-corrected chi connectivity index (χ0v) is 13.6. The van der Waals surface area contributed by atoms with Crippen molar-refractivity contribution in [1.82, 2.24) is 0 Å². The number of esters is 2. The minimum atomic E-state index is -1.97. The van der Waals surface area contributed by atoms with Crippen LogP contribution in [0.2, 0.25) is 0 Å². The lowest BCUT2D eigenvalue weighted by Gasteiger charge is -2.27. The summed E-state index contributed by atoms with van der Waals surface area (Å²) in [6.07, 6.45) is 0. The molecule has 2 aromatic rings. The van der Waals surface area contributed by atoms with Gasteiger partial charge in [0, 0.05) is 11.1 Å². The fourth-order valence-electron chi connectivity index (χ4n) is 3.38.